The summed E-state index contributed by atoms with van der Waals surface area (Å²) >= 11 is 3.59. The third-order valence-electron chi connectivity index (χ3n) is 3.53. The Morgan fingerprint density at radius 1 is 1.32 bits per heavy atom. The molecule has 0 spiro atoms. The summed E-state index contributed by atoms with van der Waals surface area (Å²) in [6.07, 6.45) is 2.15. The Balaban J connectivity index is 3.06. The van der Waals surface area contributed by atoms with Gasteiger partial charge in [0, 0.05) is 28.8 Å². The smallest absolute Gasteiger partial charge is 0.0606 e. The lowest BCUT2D eigenvalue weighted by Gasteiger charge is -2.32. The third-order valence-corrected chi connectivity index (χ3v) is 4.22. The predicted octanol–water partition coefficient (Wildman–Crippen LogP) is 3.46. The highest BCUT2D eigenvalue weighted by atomic mass is 79.9. The summed E-state index contributed by atoms with van der Waals surface area (Å²) < 4.78 is 1.04. The molecule has 0 heterocycles. The Labute approximate surface area is 124 Å². The lowest BCUT2D eigenvalue weighted by Crippen LogP contribution is -2.36. The van der Waals surface area contributed by atoms with Gasteiger partial charge in [-0.05, 0) is 37.5 Å². The number of hydrogen-bond acceptors (Lipinski definition) is 3. The molecule has 0 saturated carbocycles. The lowest BCUT2D eigenvalue weighted by molar-refractivity contribution is 0.296. The Hall–Kier alpha value is -0.580. The van der Waals surface area contributed by atoms with Crippen LogP contribution in [0.1, 0.15) is 45.2 Å². The Kier molecular flexibility index (Phi) is 6.83. The standard InChI is InChI=1S/C15H25BrN2O/c1-4-12(5-2)18(8-9-19)13-6-7-14(11(3)17)15(16)10-13/h6-7,10-12,19H,4-5,8-9,17H2,1-3H3. The van der Waals surface area contributed by atoms with E-state index in [2.05, 4.69) is 52.9 Å². The van der Waals surface area contributed by atoms with Gasteiger partial charge in [-0.15, -0.1) is 0 Å². The number of benzene rings is 1. The van der Waals surface area contributed by atoms with Gasteiger partial charge in [0.1, 0.15) is 0 Å². The molecule has 0 fully saturated rings. The maximum Gasteiger partial charge on any atom is 0.0606 e. The summed E-state index contributed by atoms with van der Waals surface area (Å²) in [7, 11) is 0. The molecule has 0 radical (unpaired) electrons. The summed E-state index contributed by atoms with van der Waals surface area (Å²) in [6.45, 7) is 7.18. The van der Waals surface area contributed by atoms with Crippen LogP contribution in [0.15, 0.2) is 22.7 Å². The van der Waals surface area contributed by atoms with E-state index in [0.717, 1.165) is 28.6 Å². The summed E-state index contributed by atoms with van der Waals surface area (Å²) in [5.41, 5.74) is 8.17. The quantitative estimate of drug-likeness (QED) is 0.805. The fraction of sp³-hybridized carbons (Fsp3) is 0.600. The molecule has 3 nitrogen and oxygen atoms in total. The largest absolute Gasteiger partial charge is 0.395 e. The second-order valence-electron chi connectivity index (χ2n) is 4.88. The van der Waals surface area contributed by atoms with E-state index in [-0.39, 0.29) is 12.6 Å². The molecular weight excluding hydrogens is 304 g/mol. The summed E-state index contributed by atoms with van der Waals surface area (Å²) in [6, 6.07) is 6.74. The Morgan fingerprint density at radius 3 is 2.37 bits per heavy atom. The molecule has 3 N–H and O–H groups in total. The molecule has 0 aromatic heterocycles. The topological polar surface area (TPSA) is 49.5 Å². The first-order valence-corrected chi connectivity index (χ1v) is 7.76. The van der Waals surface area contributed by atoms with Crippen molar-refractivity contribution in [1.82, 2.24) is 0 Å². The van der Waals surface area contributed by atoms with Gasteiger partial charge in [-0.2, -0.15) is 0 Å². The molecule has 108 valence electrons. The van der Waals surface area contributed by atoms with Crippen molar-refractivity contribution >= 4 is 21.6 Å². The normalized spacial score (nSPS) is 12.8. The van der Waals surface area contributed by atoms with Crippen LogP contribution < -0.4 is 10.6 Å². The molecule has 1 unspecified atom stereocenters. The highest BCUT2D eigenvalue weighted by Crippen LogP contribution is 2.29. The van der Waals surface area contributed by atoms with E-state index in [1.165, 1.54) is 0 Å². The Morgan fingerprint density at radius 2 is 1.95 bits per heavy atom. The van der Waals surface area contributed by atoms with E-state index in [9.17, 15) is 5.11 Å². The lowest BCUT2D eigenvalue weighted by atomic mass is 10.1. The zero-order valence-electron chi connectivity index (χ0n) is 12.1. The van der Waals surface area contributed by atoms with Crippen LogP contribution in [0.2, 0.25) is 0 Å². The highest BCUT2D eigenvalue weighted by molar-refractivity contribution is 9.10. The second-order valence-corrected chi connectivity index (χ2v) is 5.74. The fourth-order valence-corrected chi connectivity index (χ4v) is 3.15. The first kappa shape index (κ1) is 16.5. The van der Waals surface area contributed by atoms with Crippen molar-refractivity contribution in [2.75, 3.05) is 18.1 Å². The van der Waals surface area contributed by atoms with Crippen LogP contribution in [-0.4, -0.2) is 24.3 Å². The van der Waals surface area contributed by atoms with Crippen molar-refractivity contribution < 1.29 is 5.11 Å². The summed E-state index contributed by atoms with van der Waals surface area (Å²) in [5.74, 6) is 0. The molecule has 19 heavy (non-hydrogen) atoms. The van der Waals surface area contributed by atoms with Crippen LogP contribution in [0.25, 0.3) is 0 Å². The van der Waals surface area contributed by atoms with Crippen molar-refractivity contribution in [1.29, 1.82) is 0 Å². The maximum absolute atomic E-state index is 9.28. The molecule has 0 aliphatic carbocycles. The minimum absolute atomic E-state index is 0.0165. The van der Waals surface area contributed by atoms with Gasteiger partial charge in [0.05, 0.1) is 6.61 Å². The van der Waals surface area contributed by atoms with Crippen molar-refractivity contribution in [3.05, 3.63) is 28.2 Å². The number of rotatable bonds is 7. The molecule has 0 aliphatic heterocycles. The average Bonchev–Trinajstić information content (AvgIpc) is 2.38. The van der Waals surface area contributed by atoms with E-state index < -0.39 is 0 Å². The molecule has 0 aliphatic rings. The number of hydrogen-bond donors (Lipinski definition) is 2. The zero-order valence-corrected chi connectivity index (χ0v) is 13.7. The first-order valence-electron chi connectivity index (χ1n) is 6.97. The van der Waals surface area contributed by atoms with E-state index in [1.807, 2.05) is 6.92 Å². The third kappa shape index (κ3) is 4.20. The van der Waals surface area contributed by atoms with Gasteiger partial charge in [-0.3, -0.25) is 0 Å². The fourth-order valence-electron chi connectivity index (χ4n) is 2.42. The number of halogens is 1. The van der Waals surface area contributed by atoms with E-state index in [0.29, 0.717) is 12.6 Å². The van der Waals surface area contributed by atoms with Crippen molar-refractivity contribution in [2.45, 2.75) is 45.7 Å². The van der Waals surface area contributed by atoms with Crippen LogP contribution in [-0.2, 0) is 0 Å². The number of nitrogens with two attached hydrogens (primary N) is 1. The van der Waals surface area contributed by atoms with Crippen molar-refractivity contribution in [3.63, 3.8) is 0 Å². The number of aliphatic hydroxyl groups is 1. The van der Waals surface area contributed by atoms with Crippen LogP contribution >= 0.6 is 15.9 Å². The van der Waals surface area contributed by atoms with Gasteiger partial charge in [0.2, 0.25) is 0 Å². The molecule has 0 saturated heterocycles. The van der Waals surface area contributed by atoms with Gasteiger partial charge < -0.3 is 15.7 Å². The summed E-state index contributed by atoms with van der Waals surface area (Å²) in [5, 5.41) is 9.28. The van der Waals surface area contributed by atoms with Crippen LogP contribution in [0, 0.1) is 0 Å². The average molecular weight is 329 g/mol. The minimum atomic E-state index is 0.0165. The van der Waals surface area contributed by atoms with Gasteiger partial charge >= 0.3 is 0 Å². The van der Waals surface area contributed by atoms with Crippen LogP contribution in [0.5, 0.6) is 0 Å². The van der Waals surface area contributed by atoms with Crippen molar-refractivity contribution in [2.24, 2.45) is 5.73 Å². The van der Waals surface area contributed by atoms with Gasteiger partial charge in [0.15, 0.2) is 0 Å². The molecule has 1 atom stereocenters. The molecule has 1 aromatic rings. The molecule has 4 heteroatoms. The number of anilines is 1. The van der Waals surface area contributed by atoms with Crippen molar-refractivity contribution in [3.8, 4) is 0 Å². The molecular formula is C15H25BrN2O. The van der Waals surface area contributed by atoms with E-state index in [4.69, 9.17) is 5.73 Å². The summed E-state index contributed by atoms with van der Waals surface area (Å²) in [4.78, 5) is 2.27. The second kappa shape index (κ2) is 7.88. The zero-order chi connectivity index (χ0) is 14.4. The molecule has 1 aromatic carbocycles. The first-order chi connectivity index (χ1) is 9.04. The van der Waals surface area contributed by atoms with E-state index >= 15 is 0 Å². The predicted molar refractivity (Wildman–Crippen MR) is 85.5 cm³/mol. The minimum Gasteiger partial charge on any atom is -0.395 e. The number of nitrogens with zero attached hydrogens (tertiary/aromatic N) is 1. The number of aliphatic hydroxyl groups excluding tert-OH is 1. The van der Waals surface area contributed by atoms with Gasteiger partial charge in [-0.25, -0.2) is 0 Å². The molecule has 0 amide bonds. The van der Waals surface area contributed by atoms with Gasteiger partial charge in [0.25, 0.3) is 0 Å². The van der Waals surface area contributed by atoms with Crippen LogP contribution in [0.3, 0.4) is 0 Å². The monoisotopic (exact) mass is 328 g/mol. The molecule has 1 rings (SSSR count). The highest BCUT2D eigenvalue weighted by Gasteiger charge is 2.16. The van der Waals surface area contributed by atoms with E-state index in [1.54, 1.807) is 0 Å². The van der Waals surface area contributed by atoms with Gasteiger partial charge in [-0.1, -0.05) is 35.8 Å². The molecule has 0 bridgehead atoms. The SMILES string of the molecule is CCC(CC)N(CCO)c1ccc(C(C)N)c(Br)c1. The maximum atomic E-state index is 9.28. The van der Waals surface area contributed by atoms with Crippen LogP contribution in [0.4, 0.5) is 5.69 Å². The Bertz CT molecular complexity index is 392.